The van der Waals surface area contributed by atoms with E-state index in [9.17, 15) is 14.7 Å². The van der Waals surface area contributed by atoms with E-state index in [0.29, 0.717) is 17.7 Å². The second-order valence-corrected chi connectivity index (χ2v) is 7.04. The SMILES string of the molecule is CCOC(C)(COC(=O)C(C)C)c1ccc(COC(=O)C(C)C)cc1O. The van der Waals surface area contributed by atoms with Gasteiger partial charge in [-0.2, -0.15) is 0 Å². The molecular formula is C20H30O6. The van der Waals surface area contributed by atoms with Crippen molar-refractivity contribution >= 4 is 11.9 Å². The summed E-state index contributed by atoms with van der Waals surface area (Å²) >= 11 is 0. The van der Waals surface area contributed by atoms with Gasteiger partial charge in [0.25, 0.3) is 0 Å². The Hall–Kier alpha value is -2.08. The summed E-state index contributed by atoms with van der Waals surface area (Å²) < 4.78 is 16.3. The van der Waals surface area contributed by atoms with Crippen LogP contribution in [0, 0.1) is 11.8 Å². The smallest absolute Gasteiger partial charge is 0.308 e. The largest absolute Gasteiger partial charge is 0.508 e. The Labute approximate surface area is 155 Å². The summed E-state index contributed by atoms with van der Waals surface area (Å²) in [5.41, 5.74) is 0.199. The van der Waals surface area contributed by atoms with E-state index in [4.69, 9.17) is 14.2 Å². The van der Waals surface area contributed by atoms with Crippen molar-refractivity contribution in [2.75, 3.05) is 13.2 Å². The van der Waals surface area contributed by atoms with E-state index in [-0.39, 0.29) is 42.7 Å². The number of phenolic OH excluding ortho intramolecular Hbond substituents is 1. The molecule has 0 heterocycles. The predicted molar refractivity (Wildman–Crippen MR) is 97.5 cm³/mol. The van der Waals surface area contributed by atoms with Gasteiger partial charge < -0.3 is 19.3 Å². The summed E-state index contributed by atoms with van der Waals surface area (Å²) in [6.45, 7) is 11.1. The van der Waals surface area contributed by atoms with Crippen LogP contribution in [0.1, 0.15) is 52.7 Å². The van der Waals surface area contributed by atoms with E-state index in [2.05, 4.69) is 0 Å². The Morgan fingerprint density at radius 1 is 1.08 bits per heavy atom. The third-order valence-electron chi connectivity index (χ3n) is 3.91. The van der Waals surface area contributed by atoms with Gasteiger partial charge in [-0.3, -0.25) is 9.59 Å². The first-order chi connectivity index (χ1) is 12.1. The molecule has 1 unspecified atom stereocenters. The van der Waals surface area contributed by atoms with Crippen molar-refractivity contribution in [1.29, 1.82) is 0 Å². The van der Waals surface area contributed by atoms with Gasteiger partial charge in [-0.15, -0.1) is 0 Å². The van der Waals surface area contributed by atoms with Crippen molar-refractivity contribution in [2.24, 2.45) is 11.8 Å². The number of benzene rings is 1. The molecule has 146 valence electrons. The first-order valence-corrected chi connectivity index (χ1v) is 8.90. The molecule has 0 saturated carbocycles. The van der Waals surface area contributed by atoms with Crippen molar-refractivity contribution in [1.82, 2.24) is 0 Å². The highest BCUT2D eigenvalue weighted by Gasteiger charge is 2.32. The molecule has 0 radical (unpaired) electrons. The molecule has 0 fully saturated rings. The van der Waals surface area contributed by atoms with Crippen LogP contribution >= 0.6 is 0 Å². The lowest BCUT2D eigenvalue weighted by Crippen LogP contribution is -2.34. The number of carbonyl (C=O) groups is 2. The molecule has 0 saturated heterocycles. The lowest BCUT2D eigenvalue weighted by Gasteiger charge is -2.30. The fourth-order valence-corrected chi connectivity index (χ4v) is 2.33. The molecule has 1 atom stereocenters. The van der Waals surface area contributed by atoms with Gasteiger partial charge in [0.1, 0.15) is 24.6 Å². The topological polar surface area (TPSA) is 82.1 Å². The highest BCUT2D eigenvalue weighted by molar-refractivity contribution is 5.72. The molecule has 0 spiro atoms. The average molecular weight is 366 g/mol. The molecule has 0 bridgehead atoms. The van der Waals surface area contributed by atoms with Crippen LogP contribution in [-0.2, 0) is 36.0 Å². The standard InChI is InChI=1S/C20H30O6/c1-7-26-20(6,12-25-19(23)14(4)5)16-9-8-15(10-17(16)21)11-24-18(22)13(2)3/h8-10,13-14,21H,7,11-12H2,1-6H3. The molecule has 0 aliphatic rings. The molecule has 1 rings (SSSR count). The van der Waals surface area contributed by atoms with Gasteiger partial charge in [-0.05, 0) is 25.5 Å². The minimum Gasteiger partial charge on any atom is -0.508 e. The summed E-state index contributed by atoms with van der Waals surface area (Å²) in [4.78, 5) is 23.3. The zero-order valence-corrected chi connectivity index (χ0v) is 16.5. The van der Waals surface area contributed by atoms with Crippen molar-refractivity contribution in [2.45, 2.75) is 53.8 Å². The number of aromatic hydroxyl groups is 1. The Kier molecular flexibility index (Phi) is 8.08. The number of hydrogen-bond donors (Lipinski definition) is 1. The predicted octanol–water partition coefficient (Wildman–Crippen LogP) is 3.54. The maximum absolute atomic E-state index is 11.8. The van der Waals surface area contributed by atoms with Crippen molar-refractivity contribution in [3.63, 3.8) is 0 Å². The van der Waals surface area contributed by atoms with E-state index in [1.165, 1.54) is 6.07 Å². The maximum atomic E-state index is 11.8. The molecular weight excluding hydrogens is 336 g/mol. The van der Waals surface area contributed by atoms with Crippen LogP contribution in [0.2, 0.25) is 0 Å². The quantitative estimate of drug-likeness (QED) is 0.673. The molecule has 6 heteroatoms. The van der Waals surface area contributed by atoms with Gasteiger partial charge in [0.2, 0.25) is 0 Å². The lowest BCUT2D eigenvalue weighted by molar-refractivity contribution is -0.159. The minimum atomic E-state index is -0.976. The third kappa shape index (κ3) is 6.02. The molecule has 0 aliphatic heterocycles. The van der Waals surface area contributed by atoms with Crippen LogP contribution in [-0.4, -0.2) is 30.3 Å². The lowest BCUT2D eigenvalue weighted by atomic mass is 9.94. The summed E-state index contributed by atoms with van der Waals surface area (Å²) in [7, 11) is 0. The first-order valence-electron chi connectivity index (χ1n) is 8.90. The van der Waals surface area contributed by atoms with Crippen molar-refractivity contribution in [3.05, 3.63) is 29.3 Å². The van der Waals surface area contributed by atoms with Gasteiger partial charge in [0.15, 0.2) is 0 Å². The Morgan fingerprint density at radius 3 is 2.15 bits per heavy atom. The normalized spacial score (nSPS) is 13.5. The van der Waals surface area contributed by atoms with Crippen LogP contribution in [0.25, 0.3) is 0 Å². The van der Waals surface area contributed by atoms with E-state index in [1.807, 2.05) is 6.92 Å². The van der Waals surface area contributed by atoms with Gasteiger partial charge in [-0.25, -0.2) is 0 Å². The fraction of sp³-hybridized carbons (Fsp3) is 0.600. The highest BCUT2D eigenvalue weighted by atomic mass is 16.6. The zero-order valence-electron chi connectivity index (χ0n) is 16.5. The number of esters is 2. The van der Waals surface area contributed by atoms with Gasteiger partial charge in [-0.1, -0.05) is 39.8 Å². The van der Waals surface area contributed by atoms with Gasteiger partial charge >= 0.3 is 11.9 Å². The summed E-state index contributed by atoms with van der Waals surface area (Å²) in [5.74, 6) is -1.08. The number of carbonyl (C=O) groups excluding carboxylic acids is 2. The van der Waals surface area contributed by atoms with Crippen LogP contribution in [0.15, 0.2) is 18.2 Å². The number of hydrogen-bond acceptors (Lipinski definition) is 6. The summed E-state index contributed by atoms with van der Waals surface area (Å²) in [6.07, 6.45) is 0. The Morgan fingerprint density at radius 2 is 1.65 bits per heavy atom. The van der Waals surface area contributed by atoms with Gasteiger partial charge in [0.05, 0.1) is 11.8 Å². The molecule has 26 heavy (non-hydrogen) atoms. The third-order valence-corrected chi connectivity index (χ3v) is 3.91. The van der Waals surface area contributed by atoms with Crippen LogP contribution < -0.4 is 0 Å². The molecule has 0 aromatic heterocycles. The second kappa shape index (κ2) is 9.57. The van der Waals surface area contributed by atoms with E-state index in [0.717, 1.165) is 0 Å². The number of phenols is 1. The Bertz CT molecular complexity index is 623. The zero-order chi connectivity index (χ0) is 19.9. The van der Waals surface area contributed by atoms with E-state index < -0.39 is 5.60 Å². The average Bonchev–Trinajstić information content (AvgIpc) is 2.57. The van der Waals surface area contributed by atoms with Crippen LogP contribution in [0.3, 0.4) is 0 Å². The molecule has 0 aliphatic carbocycles. The number of rotatable bonds is 9. The highest BCUT2D eigenvalue weighted by Crippen LogP contribution is 2.34. The fourth-order valence-electron chi connectivity index (χ4n) is 2.33. The van der Waals surface area contributed by atoms with Crippen molar-refractivity contribution in [3.8, 4) is 5.75 Å². The van der Waals surface area contributed by atoms with Crippen LogP contribution in [0.4, 0.5) is 0 Å². The molecule has 1 N–H and O–H groups in total. The van der Waals surface area contributed by atoms with Gasteiger partial charge in [0, 0.05) is 12.2 Å². The minimum absolute atomic E-state index is 0.000332. The maximum Gasteiger partial charge on any atom is 0.308 e. The van der Waals surface area contributed by atoms with Crippen molar-refractivity contribution < 1.29 is 28.9 Å². The molecule has 1 aromatic carbocycles. The summed E-state index contributed by atoms with van der Waals surface area (Å²) in [6, 6.07) is 4.99. The number of ether oxygens (including phenoxy) is 3. The second-order valence-electron chi connectivity index (χ2n) is 7.04. The molecule has 0 amide bonds. The monoisotopic (exact) mass is 366 g/mol. The first kappa shape index (κ1) is 22.0. The van der Waals surface area contributed by atoms with E-state index in [1.54, 1.807) is 46.8 Å². The summed E-state index contributed by atoms with van der Waals surface area (Å²) in [5, 5.41) is 10.4. The molecule has 1 aromatic rings. The molecule has 6 nitrogen and oxygen atoms in total. The van der Waals surface area contributed by atoms with E-state index >= 15 is 0 Å². The Balaban J connectivity index is 2.94. The van der Waals surface area contributed by atoms with Crippen LogP contribution in [0.5, 0.6) is 5.75 Å².